The van der Waals surface area contributed by atoms with Gasteiger partial charge in [-0.1, -0.05) is 0 Å². The summed E-state index contributed by atoms with van der Waals surface area (Å²) in [5.41, 5.74) is 6.16. The number of hydrogen-bond donors (Lipinski definition) is 2. The summed E-state index contributed by atoms with van der Waals surface area (Å²) in [5, 5.41) is 14.8. The normalized spacial score (nSPS) is 7.56. The van der Waals surface area contributed by atoms with Crippen molar-refractivity contribution in [3.63, 3.8) is 0 Å². The first kappa shape index (κ1) is 7.58. The molecule has 50 valence electrons. The van der Waals surface area contributed by atoms with E-state index in [1.165, 1.54) is 0 Å². The second-order valence-electron chi connectivity index (χ2n) is 1.18. The molecular weight excluding hydrogens is 124 g/mol. The zero-order valence-corrected chi connectivity index (χ0v) is 4.63. The summed E-state index contributed by atoms with van der Waals surface area (Å²) in [5.74, 6) is 0. The van der Waals surface area contributed by atoms with Crippen molar-refractivity contribution in [1.29, 1.82) is 5.53 Å². The van der Waals surface area contributed by atoms with Gasteiger partial charge in [0, 0.05) is 6.54 Å². The summed E-state index contributed by atoms with van der Waals surface area (Å²) in [6.07, 6.45) is -1.34. The van der Waals surface area contributed by atoms with Crippen LogP contribution < -0.4 is 15.3 Å². The van der Waals surface area contributed by atoms with E-state index < -0.39 is 6.09 Å². The third-order valence-electron chi connectivity index (χ3n) is 0.552. The summed E-state index contributed by atoms with van der Waals surface area (Å²) >= 11 is 0. The van der Waals surface area contributed by atoms with Crippen molar-refractivity contribution < 1.29 is 9.90 Å². The summed E-state index contributed by atoms with van der Waals surface area (Å²) in [6, 6.07) is 0. The Balaban J connectivity index is 3.10. The number of carboxylic acid groups (broad SMARTS) is 1. The fourth-order valence-corrected chi connectivity index (χ4v) is 0.258. The van der Waals surface area contributed by atoms with Gasteiger partial charge in [-0.2, -0.15) is 0 Å². The van der Waals surface area contributed by atoms with Crippen molar-refractivity contribution in [2.75, 3.05) is 13.1 Å². The zero-order chi connectivity index (χ0) is 7.11. The first-order chi connectivity index (χ1) is 4.27. The van der Waals surface area contributed by atoms with Crippen LogP contribution in [-0.2, 0) is 0 Å². The van der Waals surface area contributed by atoms with Gasteiger partial charge in [0.2, 0.25) is 4.91 Å². The van der Waals surface area contributed by atoms with E-state index in [2.05, 4.69) is 10.0 Å². The number of rotatable bonds is 3. The van der Waals surface area contributed by atoms with Crippen LogP contribution in [0.3, 0.4) is 0 Å². The highest BCUT2D eigenvalue weighted by Gasteiger charge is 1.85. The van der Waals surface area contributed by atoms with E-state index in [0.717, 1.165) is 0 Å². The minimum absolute atomic E-state index is 0.144. The van der Waals surface area contributed by atoms with Gasteiger partial charge in [-0.05, 0) is 0 Å². The SMILES string of the molecule is N=[N+]=NCCNC(=O)[O-]. The van der Waals surface area contributed by atoms with Gasteiger partial charge in [0.15, 0.2) is 0 Å². The number of nitrogens with zero attached hydrogens (tertiary/aromatic N) is 2. The average Bonchev–Trinajstić information content (AvgIpc) is 1.80. The molecule has 6 nitrogen and oxygen atoms in total. The Morgan fingerprint density at radius 1 is 1.89 bits per heavy atom. The fraction of sp³-hybridized carbons (Fsp3) is 0.667. The lowest BCUT2D eigenvalue weighted by Gasteiger charge is -1.99. The molecular formula is C3H6N4O2. The highest BCUT2D eigenvalue weighted by Crippen LogP contribution is 1.60. The molecule has 0 heterocycles. The van der Waals surface area contributed by atoms with Crippen LogP contribution in [0, 0.1) is 5.53 Å². The van der Waals surface area contributed by atoms with Gasteiger partial charge in [-0.15, -0.1) is 0 Å². The molecule has 0 aromatic heterocycles. The lowest BCUT2D eigenvalue weighted by Crippen LogP contribution is -2.37. The second-order valence-corrected chi connectivity index (χ2v) is 1.18. The molecule has 0 saturated heterocycles. The molecule has 0 aliphatic carbocycles. The van der Waals surface area contributed by atoms with Crippen LogP contribution in [0.1, 0.15) is 0 Å². The van der Waals surface area contributed by atoms with Crippen LogP contribution in [-0.4, -0.2) is 19.2 Å². The third-order valence-corrected chi connectivity index (χ3v) is 0.552. The predicted octanol–water partition coefficient (Wildman–Crippen LogP) is -1.53. The number of carbonyl (C=O) groups excluding carboxylic acids is 1. The predicted molar refractivity (Wildman–Crippen MR) is 25.5 cm³/mol. The quantitative estimate of drug-likeness (QED) is 0.275. The highest BCUT2D eigenvalue weighted by molar-refractivity contribution is 5.61. The van der Waals surface area contributed by atoms with Gasteiger partial charge in [0.05, 0.1) is 0 Å². The summed E-state index contributed by atoms with van der Waals surface area (Å²) in [6.45, 7) is 0.322. The summed E-state index contributed by atoms with van der Waals surface area (Å²) < 4.78 is 0. The zero-order valence-electron chi connectivity index (χ0n) is 4.63. The Morgan fingerprint density at radius 2 is 2.56 bits per heavy atom. The number of carbonyl (C=O) groups is 1. The maximum Gasteiger partial charge on any atom is 0.214 e. The molecule has 0 radical (unpaired) electrons. The maximum atomic E-state index is 9.62. The van der Waals surface area contributed by atoms with Crippen LogP contribution in [0.2, 0.25) is 0 Å². The second kappa shape index (κ2) is 4.73. The third kappa shape index (κ3) is 6.58. The molecule has 0 unspecified atom stereocenters. The summed E-state index contributed by atoms with van der Waals surface area (Å²) in [4.78, 5) is 12.3. The van der Waals surface area contributed by atoms with Crippen molar-refractivity contribution in [1.82, 2.24) is 10.2 Å². The molecule has 2 N–H and O–H groups in total. The van der Waals surface area contributed by atoms with Crippen LogP contribution in [0.25, 0.3) is 0 Å². The minimum atomic E-state index is -1.34. The highest BCUT2D eigenvalue weighted by atomic mass is 16.4. The Bertz CT molecular complexity index is 137. The van der Waals surface area contributed by atoms with E-state index in [-0.39, 0.29) is 13.1 Å². The molecule has 6 heteroatoms. The van der Waals surface area contributed by atoms with Crippen LogP contribution in [0.5, 0.6) is 0 Å². The van der Waals surface area contributed by atoms with Crippen molar-refractivity contribution in [2.24, 2.45) is 5.11 Å². The minimum Gasteiger partial charge on any atom is -0.530 e. The first-order valence-corrected chi connectivity index (χ1v) is 2.25. The van der Waals surface area contributed by atoms with Crippen molar-refractivity contribution >= 4 is 6.09 Å². The lowest BCUT2D eigenvalue weighted by atomic mass is 10.6. The van der Waals surface area contributed by atoms with Crippen LogP contribution in [0.15, 0.2) is 5.11 Å². The smallest absolute Gasteiger partial charge is 0.214 e. The van der Waals surface area contributed by atoms with Gasteiger partial charge in [-0.3, -0.25) is 0 Å². The largest absolute Gasteiger partial charge is 0.530 e. The molecule has 0 rings (SSSR count). The lowest BCUT2D eigenvalue weighted by molar-refractivity contribution is -0.250. The van der Waals surface area contributed by atoms with E-state index >= 15 is 0 Å². The number of hydrogen-bond acceptors (Lipinski definition) is 4. The molecule has 0 aliphatic heterocycles. The standard InChI is InChI=1S/C3H6N4O2/c4-7-6-2-1-5-3(8)9/h4-5H,1-2H2. The van der Waals surface area contributed by atoms with E-state index in [1.807, 2.05) is 5.32 Å². The fourth-order valence-electron chi connectivity index (χ4n) is 0.258. The average molecular weight is 130 g/mol. The van der Waals surface area contributed by atoms with E-state index in [0.29, 0.717) is 0 Å². The molecule has 0 saturated carbocycles. The Hall–Kier alpha value is -1.42. The monoisotopic (exact) mass is 130 g/mol. The maximum absolute atomic E-state index is 9.62. The van der Waals surface area contributed by atoms with Crippen LogP contribution >= 0.6 is 0 Å². The van der Waals surface area contributed by atoms with E-state index in [4.69, 9.17) is 5.53 Å². The molecule has 0 aromatic rings. The Kier molecular flexibility index (Phi) is 3.99. The van der Waals surface area contributed by atoms with Gasteiger partial charge in [0.1, 0.15) is 23.3 Å². The van der Waals surface area contributed by atoms with Crippen LogP contribution in [0.4, 0.5) is 4.79 Å². The molecule has 0 aromatic carbocycles. The van der Waals surface area contributed by atoms with Crippen molar-refractivity contribution in [3.8, 4) is 0 Å². The number of amides is 1. The molecule has 0 bridgehead atoms. The Morgan fingerprint density at radius 3 is 3.00 bits per heavy atom. The summed E-state index contributed by atoms with van der Waals surface area (Å²) in [7, 11) is 0. The topological polar surface area (TPSA) is 102 Å². The van der Waals surface area contributed by atoms with E-state index in [9.17, 15) is 9.90 Å². The van der Waals surface area contributed by atoms with E-state index in [1.54, 1.807) is 0 Å². The molecule has 9 heavy (non-hydrogen) atoms. The Labute approximate surface area is 51.1 Å². The molecule has 0 aliphatic rings. The van der Waals surface area contributed by atoms with Gasteiger partial charge in [-0.25, -0.2) is 0 Å². The molecule has 1 amide bonds. The molecule has 0 fully saturated rings. The van der Waals surface area contributed by atoms with Crippen molar-refractivity contribution in [2.45, 2.75) is 0 Å². The number of nitrogens with one attached hydrogen (secondary N) is 2. The van der Waals surface area contributed by atoms with Crippen molar-refractivity contribution in [3.05, 3.63) is 0 Å². The molecule has 0 atom stereocenters. The first-order valence-electron chi connectivity index (χ1n) is 2.25. The van der Waals surface area contributed by atoms with Gasteiger partial charge in [0.25, 0.3) is 0 Å². The van der Waals surface area contributed by atoms with Gasteiger partial charge >= 0.3 is 0 Å². The molecule has 0 spiro atoms. The van der Waals surface area contributed by atoms with Gasteiger partial charge < -0.3 is 15.2 Å².